The minimum Gasteiger partial charge on any atom is -0.468 e. The van der Waals surface area contributed by atoms with Crippen LogP contribution in [0.5, 0.6) is 0 Å². The highest BCUT2D eigenvalue weighted by Crippen LogP contribution is 2.27. The Bertz CT molecular complexity index is 343. The number of nitrogens with one attached hydrogen (secondary N) is 1. The average Bonchev–Trinajstić information content (AvgIpc) is 3.26. The van der Waals surface area contributed by atoms with E-state index in [1.165, 1.54) is 45.6 Å². The summed E-state index contributed by atoms with van der Waals surface area (Å²) in [4.78, 5) is 12.0. The van der Waals surface area contributed by atoms with Gasteiger partial charge in [0.25, 0.3) is 0 Å². The van der Waals surface area contributed by atoms with Crippen LogP contribution in [0.1, 0.15) is 65.2 Å². The molecule has 2 fully saturated rings. The zero-order valence-corrected chi connectivity index (χ0v) is 13.8. The number of hydrogen-bond donors (Lipinski definition) is 1. The SMILES string of the molecule is COC(=O)C(C)(CCCOC1CCCC(C)C1)NC1CC1. The first kappa shape index (κ1) is 16.8. The summed E-state index contributed by atoms with van der Waals surface area (Å²) >= 11 is 0. The Morgan fingerprint density at radius 2 is 2.05 bits per heavy atom. The van der Waals surface area contributed by atoms with Crippen molar-refractivity contribution in [1.82, 2.24) is 5.32 Å². The molecule has 3 unspecified atom stereocenters. The highest BCUT2D eigenvalue weighted by Gasteiger charge is 2.38. The molecule has 0 radical (unpaired) electrons. The monoisotopic (exact) mass is 297 g/mol. The lowest BCUT2D eigenvalue weighted by molar-refractivity contribution is -0.148. The lowest BCUT2D eigenvalue weighted by Crippen LogP contribution is -2.51. The van der Waals surface area contributed by atoms with Crippen LogP contribution in [0.25, 0.3) is 0 Å². The lowest BCUT2D eigenvalue weighted by Gasteiger charge is -2.29. The zero-order valence-electron chi connectivity index (χ0n) is 13.8. The van der Waals surface area contributed by atoms with E-state index < -0.39 is 5.54 Å². The molecule has 122 valence electrons. The number of methoxy groups -OCH3 is 1. The van der Waals surface area contributed by atoms with Crippen LogP contribution in [0.2, 0.25) is 0 Å². The second kappa shape index (κ2) is 7.59. The van der Waals surface area contributed by atoms with Gasteiger partial charge in [0.15, 0.2) is 0 Å². The summed E-state index contributed by atoms with van der Waals surface area (Å²) in [5.74, 6) is 0.640. The lowest BCUT2D eigenvalue weighted by atomic mass is 9.88. The Kier molecular flexibility index (Phi) is 6.06. The van der Waals surface area contributed by atoms with Crippen molar-refractivity contribution in [2.45, 2.75) is 82.9 Å². The minimum atomic E-state index is -0.556. The Morgan fingerprint density at radius 3 is 2.67 bits per heavy atom. The molecular weight excluding hydrogens is 266 g/mol. The molecule has 0 aromatic rings. The van der Waals surface area contributed by atoms with Crippen LogP contribution < -0.4 is 5.32 Å². The second-order valence-electron chi connectivity index (χ2n) is 7.11. The van der Waals surface area contributed by atoms with Gasteiger partial charge in [0, 0.05) is 12.6 Å². The van der Waals surface area contributed by atoms with Gasteiger partial charge >= 0.3 is 5.97 Å². The van der Waals surface area contributed by atoms with E-state index in [1.54, 1.807) is 0 Å². The van der Waals surface area contributed by atoms with Crippen LogP contribution in [0.3, 0.4) is 0 Å². The summed E-state index contributed by atoms with van der Waals surface area (Å²) in [6, 6.07) is 0.495. The van der Waals surface area contributed by atoms with E-state index in [2.05, 4.69) is 12.2 Å². The van der Waals surface area contributed by atoms with Crippen molar-refractivity contribution in [1.29, 1.82) is 0 Å². The fraction of sp³-hybridized carbons (Fsp3) is 0.941. The van der Waals surface area contributed by atoms with E-state index >= 15 is 0 Å². The molecule has 0 aromatic heterocycles. The number of carbonyl (C=O) groups excluding carboxylic acids is 1. The first-order valence-electron chi connectivity index (χ1n) is 8.51. The number of carbonyl (C=O) groups is 1. The molecular formula is C17H31NO3. The summed E-state index contributed by atoms with van der Waals surface area (Å²) in [6.45, 7) is 5.01. The van der Waals surface area contributed by atoms with Crippen molar-refractivity contribution in [3.05, 3.63) is 0 Å². The molecule has 1 N–H and O–H groups in total. The van der Waals surface area contributed by atoms with Gasteiger partial charge in [0.1, 0.15) is 5.54 Å². The molecule has 4 heteroatoms. The molecule has 2 aliphatic carbocycles. The standard InChI is InChI=1S/C17H31NO3/c1-13-6-4-7-15(12-13)21-11-5-10-17(2,16(19)20-3)18-14-8-9-14/h13-15,18H,4-12H2,1-3H3. The van der Waals surface area contributed by atoms with Gasteiger partial charge in [-0.1, -0.05) is 19.8 Å². The largest absolute Gasteiger partial charge is 0.468 e. The van der Waals surface area contributed by atoms with Crippen molar-refractivity contribution in [3.63, 3.8) is 0 Å². The molecule has 3 atom stereocenters. The third-order valence-electron chi connectivity index (χ3n) is 4.80. The Balaban J connectivity index is 1.70. The molecule has 0 bridgehead atoms. The fourth-order valence-corrected chi connectivity index (χ4v) is 3.34. The maximum Gasteiger partial charge on any atom is 0.325 e. The van der Waals surface area contributed by atoms with E-state index in [-0.39, 0.29) is 5.97 Å². The van der Waals surface area contributed by atoms with Crippen molar-refractivity contribution in [3.8, 4) is 0 Å². The fourth-order valence-electron chi connectivity index (χ4n) is 3.34. The predicted octanol–water partition coefficient (Wildman–Crippen LogP) is 3.05. The maximum atomic E-state index is 12.0. The molecule has 2 aliphatic rings. The molecule has 0 aromatic carbocycles. The normalized spacial score (nSPS) is 28.9. The van der Waals surface area contributed by atoms with Gasteiger partial charge < -0.3 is 9.47 Å². The second-order valence-corrected chi connectivity index (χ2v) is 7.11. The third-order valence-corrected chi connectivity index (χ3v) is 4.80. The van der Waals surface area contributed by atoms with Gasteiger partial charge in [-0.3, -0.25) is 10.1 Å². The molecule has 21 heavy (non-hydrogen) atoms. The average molecular weight is 297 g/mol. The highest BCUT2D eigenvalue weighted by atomic mass is 16.5. The Labute approximate surface area is 129 Å². The molecule has 0 spiro atoms. The van der Waals surface area contributed by atoms with Crippen LogP contribution in [-0.4, -0.2) is 37.4 Å². The molecule has 0 saturated heterocycles. The Hall–Kier alpha value is -0.610. The van der Waals surface area contributed by atoms with Crippen molar-refractivity contribution in [2.24, 2.45) is 5.92 Å². The van der Waals surface area contributed by atoms with Crippen LogP contribution in [0, 0.1) is 5.92 Å². The van der Waals surface area contributed by atoms with Crippen molar-refractivity contribution >= 4 is 5.97 Å². The van der Waals surface area contributed by atoms with E-state index in [0.29, 0.717) is 12.1 Å². The van der Waals surface area contributed by atoms with Crippen molar-refractivity contribution < 1.29 is 14.3 Å². The van der Waals surface area contributed by atoms with E-state index in [0.717, 1.165) is 25.4 Å². The minimum absolute atomic E-state index is 0.152. The summed E-state index contributed by atoms with van der Waals surface area (Å²) in [5.41, 5.74) is -0.556. The summed E-state index contributed by atoms with van der Waals surface area (Å²) in [6.07, 6.45) is 9.45. The zero-order chi connectivity index (χ0) is 15.3. The third kappa shape index (κ3) is 5.26. The molecule has 0 heterocycles. The molecule has 2 rings (SSSR count). The summed E-state index contributed by atoms with van der Waals surface area (Å²) < 4.78 is 11.0. The van der Waals surface area contributed by atoms with Crippen molar-refractivity contribution in [2.75, 3.05) is 13.7 Å². The predicted molar refractivity (Wildman–Crippen MR) is 83.2 cm³/mol. The highest BCUT2D eigenvalue weighted by molar-refractivity contribution is 5.80. The van der Waals surface area contributed by atoms with Gasteiger partial charge in [0.05, 0.1) is 13.2 Å². The number of esters is 1. The first-order chi connectivity index (χ1) is 10.0. The summed E-state index contributed by atoms with van der Waals surface area (Å²) in [7, 11) is 1.47. The summed E-state index contributed by atoms with van der Waals surface area (Å²) in [5, 5.41) is 3.43. The molecule has 0 aliphatic heterocycles. The maximum absolute atomic E-state index is 12.0. The quantitative estimate of drug-likeness (QED) is 0.552. The van der Waals surface area contributed by atoms with Gasteiger partial charge in [-0.2, -0.15) is 0 Å². The number of ether oxygens (including phenoxy) is 2. The first-order valence-corrected chi connectivity index (χ1v) is 8.51. The van der Waals surface area contributed by atoms with Gasteiger partial charge in [0.2, 0.25) is 0 Å². The van der Waals surface area contributed by atoms with E-state index in [9.17, 15) is 4.79 Å². The topological polar surface area (TPSA) is 47.6 Å². The van der Waals surface area contributed by atoms with E-state index in [4.69, 9.17) is 9.47 Å². The molecule has 0 amide bonds. The van der Waals surface area contributed by atoms with Crippen LogP contribution >= 0.6 is 0 Å². The van der Waals surface area contributed by atoms with Gasteiger partial charge in [-0.05, 0) is 51.4 Å². The smallest absolute Gasteiger partial charge is 0.325 e. The van der Waals surface area contributed by atoms with Crippen LogP contribution in [0.4, 0.5) is 0 Å². The number of rotatable bonds is 8. The van der Waals surface area contributed by atoms with Gasteiger partial charge in [-0.25, -0.2) is 0 Å². The van der Waals surface area contributed by atoms with Crippen LogP contribution in [-0.2, 0) is 14.3 Å². The van der Waals surface area contributed by atoms with E-state index in [1.807, 2.05) is 6.92 Å². The number of hydrogen-bond acceptors (Lipinski definition) is 4. The van der Waals surface area contributed by atoms with Gasteiger partial charge in [-0.15, -0.1) is 0 Å². The van der Waals surface area contributed by atoms with Crippen LogP contribution in [0.15, 0.2) is 0 Å². The molecule has 2 saturated carbocycles. The Morgan fingerprint density at radius 1 is 1.29 bits per heavy atom. The molecule has 4 nitrogen and oxygen atoms in total.